The average molecular weight is 372 g/mol. The Balaban J connectivity index is 2.10. The number of aryl methyl sites for hydroxylation is 1. The van der Waals surface area contributed by atoms with Gasteiger partial charge in [-0.25, -0.2) is 9.18 Å². The summed E-state index contributed by atoms with van der Waals surface area (Å²) in [6.07, 6.45) is 1.50. The fourth-order valence-electron chi connectivity index (χ4n) is 3.93. The minimum Gasteiger partial charge on any atom is -0.461 e. The van der Waals surface area contributed by atoms with Crippen LogP contribution in [-0.4, -0.2) is 29.1 Å². The van der Waals surface area contributed by atoms with E-state index in [9.17, 15) is 14.0 Å². The summed E-state index contributed by atoms with van der Waals surface area (Å²) in [5.41, 5.74) is 3.78. The third-order valence-corrected chi connectivity index (χ3v) is 5.41. The maximum absolute atomic E-state index is 13.6. The first-order valence-electron chi connectivity index (χ1n) is 9.22. The van der Waals surface area contributed by atoms with Crippen molar-refractivity contribution in [2.75, 3.05) is 11.5 Å². The van der Waals surface area contributed by atoms with Crippen molar-refractivity contribution < 1.29 is 18.7 Å². The average Bonchev–Trinajstić information content (AvgIpc) is 2.84. The van der Waals surface area contributed by atoms with Gasteiger partial charge in [0.2, 0.25) is 0 Å². The van der Waals surface area contributed by atoms with Crippen LogP contribution in [0.1, 0.15) is 57.9 Å². The number of hydrogen-bond donors (Lipinski definition) is 0. The van der Waals surface area contributed by atoms with E-state index in [1.165, 1.54) is 12.1 Å². The molecule has 0 saturated carbocycles. The maximum Gasteiger partial charge on any atom is 0.355 e. The highest BCUT2D eigenvalue weighted by molar-refractivity contribution is 6.10. The number of benzene rings is 1. The molecule has 0 N–H and O–H groups in total. The van der Waals surface area contributed by atoms with E-state index in [4.69, 9.17) is 4.74 Å². The quantitative estimate of drug-likeness (QED) is 0.767. The first kappa shape index (κ1) is 19.1. The van der Waals surface area contributed by atoms with Crippen LogP contribution in [0.4, 0.5) is 10.1 Å². The van der Waals surface area contributed by atoms with Crippen molar-refractivity contribution >= 4 is 17.6 Å². The zero-order valence-electron chi connectivity index (χ0n) is 16.4. The SMILES string of the molecule is CCOC(=O)c1c(C)c(C(=O)N2c3ccc(F)cc3CCC2C)c(C)n1C. The molecule has 0 bridgehead atoms. The van der Waals surface area contributed by atoms with Crippen molar-refractivity contribution in [1.82, 2.24) is 4.57 Å². The van der Waals surface area contributed by atoms with E-state index in [2.05, 4.69) is 0 Å². The summed E-state index contributed by atoms with van der Waals surface area (Å²) in [5.74, 6) is -0.905. The first-order chi connectivity index (χ1) is 12.8. The van der Waals surface area contributed by atoms with E-state index in [0.29, 0.717) is 22.5 Å². The topological polar surface area (TPSA) is 51.5 Å². The molecule has 1 amide bonds. The van der Waals surface area contributed by atoms with E-state index >= 15 is 0 Å². The van der Waals surface area contributed by atoms with Gasteiger partial charge in [0, 0.05) is 24.5 Å². The highest BCUT2D eigenvalue weighted by Gasteiger charge is 2.34. The van der Waals surface area contributed by atoms with E-state index in [0.717, 1.165) is 24.1 Å². The molecule has 2 aromatic rings. The molecular formula is C21H25FN2O3. The predicted molar refractivity (Wildman–Crippen MR) is 102 cm³/mol. The van der Waals surface area contributed by atoms with Gasteiger partial charge in [0.25, 0.3) is 5.91 Å². The number of hydrogen-bond acceptors (Lipinski definition) is 3. The lowest BCUT2D eigenvalue weighted by Gasteiger charge is -2.35. The molecular weight excluding hydrogens is 347 g/mol. The normalized spacial score (nSPS) is 16.2. The van der Waals surface area contributed by atoms with E-state index in [1.54, 1.807) is 36.4 Å². The van der Waals surface area contributed by atoms with Crippen LogP contribution in [-0.2, 0) is 18.2 Å². The van der Waals surface area contributed by atoms with Crippen molar-refractivity contribution in [3.8, 4) is 0 Å². The van der Waals surface area contributed by atoms with E-state index < -0.39 is 5.97 Å². The number of carbonyl (C=O) groups is 2. The summed E-state index contributed by atoms with van der Waals surface area (Å²) < 4.78 is 20.5. The minimum absolute atomic E-state index is 0.0134. The zero-order chi connectivity index (χ0) is 19.9. The first-order valence-corrected chi connectivity index (χ1v) is 9.22. The molecule has 1 aliphatic rings. The molecule has 5 nitrogen and oxygen atoms in total. The van der Waals surface area contributed by atoms with Crippen LogP contribution in [0, 0.1) is 19.7 Å². The van der Waals surface area contributed by atoms with Crippen LogP contribution in [0.25, 0.3) is 0 Å². The van der Waals surface area contributed by atoms with Crippen LogP contribution < -0.4 is 4.90 Å². The summed E-state index contributed by atoms with van der Waals surface area (Å²) in [4.78, 5) is 27.6. The third kappa shape index (κ3) is 3.13. The van der Waals surface area contributed by atoms with Crippen molar-refractivity contribution in [2.45, 2.75) is 46.6 Å². The second-order valence-electron chi connectivity index (χ2n) is 7.05. The number of halogens is 1. The van der Waals surface area contributed by atoms with Gasteiger partial charge in [-0.3, -0.25) is 4.79 Å². The lowest BCUT2D eigenvalue weighted by molar-refractivity contribution is 0.0514. The van der Waals surface area contributed by atoms with Gasteiger partial charge in [0.05, 0.1) is 12.2 Å². The molecule has 0 spiro atoms. The number of carbonyl (C=O) groups excluding carboxylic acids is 2. The number of esters is 1. The van der Waals surface area contributed by atoms with Gasteiger partial charge >= 0.3 is 5.97 Å². The van der Waals surface area contributed by atoms with Crippen molar-refractivity contribution in [2.24, 2.45) is 7.05 Å². The van der Waals surface area contributed by atoms with Crippen LogP contribution in [0.5, 0.6) is 0 Å². The Hall–Kier alpha value is -2.63. The smallest absolute Gasteiger partial charge is 0.355 e. The highest BCUT2D eigenvalue weighted by Crippen LogP contribution is 2.34. The Labute approximate surface area is 158 Å². The van der Waals surface area contributed by atoms with Crippen LogP contribution >= 0.6 is 0 Å². The zero-order valence-corrected chi connectivity index (χ0v) is 16.4. The Bertz CT molecular complexity index is 917. The van der Waals surface area contributed by atoms with Gasteiger partial charge in [-0.1, -0.05) is 0 Å². The van der Waals surface area contributed by atoms with Crippen molar-refractivity contribution in [3.63, 3.8) is 0 Å². The Morgan fingerprint density at radius 3 is 2.67 bits per heavy atom. The van der Waals surface area contributed by atoms with E-state index in [-0.39, 0.29) is 24.4 Å². The van der Waals surface area contributed by atoms with Gasteiger partial charge in [0.15, 0.2) is 0 Å². The standard InChI is InChI=1S/C21H25FN2O3/c1-6-27-21(26)19-13(3)18(14(4)23(19)5)20(25)24-12(2)7-8-15-11-16(22)9-10-17(15)24/h9-12H,6-8H2,1-5H3. The van der Waals surface area contributed by atoms with Gasteiger partial charge in [-0.2, -0.15) is 0 Å². The van der Waals surface area contributed by atoms with Gasteiger partial charge in [-0.15, -0.1) is 0 Å². The second kappa shape index (κ2) is 7.18. The minimum atomic E-state index is -0.436. The fourth-order valence-corrected chi connectivity index (χ4v) is 3.93. The van der Waals surface area contributed by atoms with E-state index in [1.807, 2.05) is 13.8 Å². The summed E-state index contributed by atoms with van der Waals surface area (Å²) >= 11 is 0. The molecule has 27 heavy (non-hydrogen) atoms. The Kier molecular flexibility index (Phi) is 5.09. The molecule has 1 unspecified atom stereocenters. The number of rotatable bonds is 3. The lowest BCUT2D eigenvalue weighted by Crippen LogP contribution is -2.42. The Morgan fingerprint density at radius 2 is 2.00 bits per heavy atom. The monoisotopic (exact) mass is 372 g/mol. The predicted octanol–water partition coefficient (Wildman–Crippen LogP) is 3.94. The summed E-state index contributed by atoms with van der Waals surface area (Å²) in [6, 6.07) is 4.53. The van der Waals surface area contributed by atoms with Gasteiger partial charge < -0.3 is 14.2 Å². The van der Waals surface area contributed by atoms with Crippen LogP contribution in [0.2, 0.25) is 0 Å². The molecule has 1 aromatic heterocycles. The molecule has 144 valence electrons. The number of anilines is 1. The molecule has 1 aliphatic heterocycles. The molecule has 0 fully saturated rings. The molecule has 0 saturated heterocycles. The highest BCUT2D eigenvalue weighted by atomic mass is 19.1. The third-order valence-electron chi connectivity index (χ3n) is 5.41. The molecule has 2 heterocycles. The molecule has 0 radical (unpaired) electrons. The molecule has 0 aliphatic carbocycles. The van der Waals surface area contributed by atoms with Gasteiger partial charge in [-0.05, 0) is 69.9 Å². The van der Waals surface area contributed by atoms with Crippen molar-refractivity contribution in [3.05, 3.63) is 52.1 Å². The van der Waals surface area contributed by atoms with Gasteiger partial charge in [0.1, 0.15) is 11.5 Å². The summed E-state index contributed by atoms with van der Waals surface area (Å²) in [5, 5.41) is 0. The number of amides is 1. The van der Waals surface area contributed by atoms with Crippen LogP contribution in [0.15, 0.2) is 18.2 Å². The maximum atomic E-state index is 13.6. The molecule has 1 atom stereocenters. The molecule has 6 heteroatoms. The largest absolute Gasteiger partial charge is 0.461 e. The summed E-state index contributed by atoms with van der Waals surface area (Å²) in [6.45, 7) is 7.61. The number of fused-ring (bicyclic) bond motifs is 1. The molecule has 1 aromatic carbocycles. The number of aromatic nitrogens is 1. The molecule has 3 rings (SSSR count). The Morgan fingerprint density at radius 1 is 1.30 bits per heavy atom. The number of nitrogens with zero attached hydrogens (tertiary/aromatic N) is 2. The second-order valence-corrected chi connectivity index (χ2v) is 7.05. The fraction of sp³-hybridized carbons (Fsp3) is 0.429. The van der Waals surface area contributed by atoms with Crippen LogP contribution in [0.3, 0.4) is 0 Å². The van der Waals surface area contributed by atoms with Crippen molar-refractivity contribution in [1.29, 1.82) is 0 Å². The summed E-state index contributed by atoms with van der Waals surface area (Å²) in [7, 11) is 1.76. The lowest BCUT2D eigenvalue weighted by atomic mass is 9.95. The number of ether oxygens (including phenoxy) is 1.